The van der Waals surface area contributed by atoms with E-state index in [1.54, 1.807) is 0 Å². The first-order valence-electron chi connectivity index (χ1n) is 27.0. The van der Waals surface area contributed by atoms with E-state index in [1.165, 1.54) is 173 Å². The maximum Gasteiger partial charge on any atom is 0.306 e. The van der Waals surface area contributed by atoms with Crippen molar-refractivity contribution in [1.29, 1.82) is 0 Å². The molecule has 0 fully saturated rings. The lowest BCUT2D eigenvalue weighted by atomic mass is 10.0. The van der Waals surface area contributed by atoms with Gasteiger partial charge in [0.15, 0.2) is 6.10 Å². The van der Waals surface area contributed by atoms with E-state index in [-0.39, 0.29) is 32.0 Å². The fraction of sp³-hybridized carbons (Fsp3) is 0.889. The van der Waals surface area contributed by atoms with Gasteiger partial charge in [-0.05, 0) is 64.2 Å². The van der Waals surface area contributed by atoms with Crippen molar-refractivity contribution in [3.05, 3.63) is 24.3 Å². The highest BCUT2D eigenvalue weighted by Crippen LogP contribution is 2.38. The zero-order valence-electron chi connectivity index (χ0n) is 42.7. The Hall–Kier alpha value is -1.51. The van der Waals surface area contributed by atoms with Crippen LogP contribution in [-0.2, 0) is 32.7 Å². The van der Waals surface area contributed by atoms with Crippen molar-refractivity contribution >= 4 is 19.8 Å². The van der Waals surface area contributed by atoms with Gasteiger partial charge in [0.2, 0.25) is 0 Å². The van der Waals surface area contributed by atoms with Gasteiger partial charge in [-0.15, -0.1) is 0 Å². The molecule has 0 saturated heterocycles. The van der Waals surface area contributed by atoms with Gasteiger partial charge in [-0.3, -0.25) is 14.2 Å². The standard InChI is InChI=1S/C54H104NO8P/c1-6-8-10-12-14-16-18-20-22-24-25-26-27-28-29-31-33-35-37-39-41-43-45-47-54(57)63-52(51-62-64(58,59)61-49-48-55(3,4)5)50-60-53(56)46-44-42-40-38-36-34-32-30-23-21-19-17-15-13-11-9-7-2/h21,23-25,52H,6-20,22,26-51H2,1-5H3/b23-21-,25-24-. The number of quaternary nitrogens is 1. The first kappa shape index (κ1) is 62.5. The summed E-state index contributed by atoms with van der Waals surface area (Å²) in [5, 5.41) is 0. The fourth-order valence-electron chi connectivity index (χ4n) is 7.71. The van der Waals surface area contributed by atoms with Gasteiger partial charge in [-0.25, -0.2) is 0 Å². The summed E-state index contributed by atoms with van der Waals surface area (Å²) in [7, 11) is 1.17. The minimum absolute atomic E-state index is 0.0298. The maximum absolute atomic E-state index is 12.8. The second-order valence-corrected chi connectivity index (χ2v) is 21.0. The highest BCUT2D eigenvalue weighted by molar-refractivity contribution is 7.45. The van der Waals surface area contributed by atoms with Crippen LogP contribution in [0.2, 0.25) is 0 Å². The average Bonchev–Trinajstić information content (AvgIpc) is 3.25. The van der Waals surface area contributed by atoms with E-state index in [1.807, 2.05) is 21.1 Å². The Morgan fingerprint density at radius 3 is 1.16 bits per heavy atom. The summed E-state index contributed by atoms with van der Waals surface area (Å²) in [4.78, 5) is 37.8. The van der Waals surface area contributed by atoms with Crippen molar-refractivity contribution in [3.63, 3.8) is 0 Å². The fourth-order valence-corrected chi connectivity index (χ4v) is 8.43. The molecule has 0 spiro atoms. The van der Waals surface area contributed by atoms with Crippen LogP contribution >= 0.6 is 7.82 Å². The summed E-state index contributed by atoms with van der Waals surface area (Å²) in [5.74, 6) is -0.829. The van der Waals surface area contributed by atoms with Crippen LogP contribution in [0.15, 0.2) is 24.3 Å². The number of unbranched alkanes of at least 4 members (excludes halogenated alkanes) is 32. The summed E-state index contributed by atoms with van der Waals surface area (Å²) >= 11 is 0. The third-order valence-electron chi connectivity index (χ3n) is 11.9. The lowest BCUT2D eigenvalue weighted by molar-refractivity contribution is -0.870. The SMILES string of the molecule is CCCCCCCC/C=C\CCCCCCCCCC(=O)OCC(COP(=O)([O-])OCC[N+](C)(C)C)OC(=O)CCCCCCCCCCCCC/C=C\CCCCCCCCCC. The van der Waals surface area contributed by atoms with Crippen molar-refractivity contribution in [2.24, 2.45) is 0 Å². The maximum atomic E-state index is 12.8. The van der Waals surface area contributed by atoms with Gasteiger partial charge < -0.3 is 27.9 Å². The largest absolute Gasteiger partial charge is 0.756 e. The molecule has 2 unspecified atom stereocenters. The minimum atomic E-state index is -4.63. The molecule has 0 aromatic rings. The molecule has 0 radical (unpaired) electrons. The van der Waals surface area contributed by atoms with Crippen molar-refractivity contribution in [2.45, 2.75) is 264 Å². The molecular weight excluding hydrogens is 822 g/mol. The highest BCUT2D eigenvalue weighted by Gasteiger charge is 2.21. The third kappa shape index (κ3) is 49.9. The second kappa shape index (κ2) is 46.6. The van der Waals surface area contributed by atoms with E-state index in [2.05, 4.69) is 38.2 Å². The van der Waals surface area contributed by atoms with Crippen molar-refractivity contribution in [1.82, 2.24) is 0 Å². The number of phosphoric acid groups is 1. The molecule has 0 N–H and O–H groups in total. The summed E-state index contributed by atoms with van der Waals surface area (Å²) in [6.45, 7) is 4.26. The van der Waals surface area contributed by atoms with Crippen LogP contribution in [0.25, 0.3) is 0 Å². The number of nitrogens with zero attached hydrogens (tertiary/aromatic N) is 1. The molecule has 0 aromatic carbocycles. The molecule has 0 aliphatic rings. The van der Waals surface area contributed by atoms with Gasteiger partial charge in [0.25, 0.3) is 7.82 Å². The van der Waals surface area contributed by atoms with E-state index in [0.29, 0.717) is 17.4 Å². The molecule has 2 atom stereocenters. The highest BCUT2D eigenvalue weighted by atomic mass is 31.2. The quantitative estimate of drug-likeness (QED) is 0.0195. The number of hydrogen-bond acceptors (Lipinski definition) is 8. The lowest BCUT2D eigenvalue weighted by Gasteiger charge is -2.28. The number of rotatable bonds is 50. The normalized spacial score (nSPS) is 13.5. The van der Waals surface area contributed by atoms with E-state index in [0.717, 1.165) is 51.4 Å². The van der Waals surface area contributed by atoms with E-state index in [9.17, 15) is 19.0 Å². The van der Waals surface area contributed by atoms with Crippen molar-refractivity contribution in [2.75, 3.05) is 47.5 Å². The van der Waals surface area contributed by atoms with Crippen LogP contribution in [0.4, 0.5) is 0 Å². The number of hydrogen-bond donors (Lipinski definition) is 0. The van der Waals surface area contributed by atoms with Crippen LogP contribution in [0.1, 0.15) is 258 Å². The molecule has 0 aliphatic carbocycles. The molecule has 9 nitrogen and oxygen atoms in total. The van der Waals surface area contributed by atoms with Gasteiger partial charge in [0.1, 0.15) is 19.8 Å². The van der Waals surface area contributed by atoms with Gasteiger partial charge in [0.05, 0.1) is 27.7 Å². The Morgan fingerprint density at radius 1 is 0.469 bits per heavy atom. The summed E-state index contributed by atoms with van der Waals surface area (Å²) < 4.78 is 34.1. The molecule has 10 heteroatoms. The summed E-state index contributed by atoms with van der Waals surface area (Å²) in [5.41, 5.74) is 0. The predicted molar refractivity (Wildman–Crippen MR) is 268 cm³/mol. The Balaban J connectivity index is 4.19. The molecule has 0 saturated carbocycles. The van der Waals surface area contributed by atoms with E-state index >= 15 is 0 Å². The smallest absolute Gasteiger partial charge is 0.306 e. The first-order valence-corrected chi connectivity index (χ1v) is 28.5. The van der Waals surface area contributed by atoms with Crippen molar-refractivity contribution < 1.29 is 42.1 Å². The second-order valence-electron chi connectivity index (χ2n) is 19.6. The number of ether oxygens (including phenoxy) is 2. The molecule has 0 rings (SSSR count). The number of carbonyl (C=O) groups is 2. The lowest BCUT2D eigenvalue weighted by Crippen LogP contribution is -2.37. The number of allylic oxidation sites excluding steroid dienone is 4. The zero-order chi connectivity index (χ0) is 47.1. The van der Waals surface area contributed by atoms with Gasteiger partial charge in [-0.1, -0.05) is 205 Å². The molecule has 0 aromatic heterocycles. The number of phosphoric ester groups is 1. The molecule has 0 bridgehead atoms. The average molecular weight is 926 g/mol. The van der Waals surface area contributed by atoms with Gasteiger partial charge >= 0.3 is 11.9 Å². The molecule has 0 heterocycles. The Kier molecular flexibility index (Phi) is 45.5. The Morgan fingerprint density at radius 2 is 0.797 bits per heavy atom. The van der Waals surface area contributed by atoms with Gasteiger partial charge in [-0.2, -0.15) is 0 Å². The molecule has 378 valence electrons. The molecule has 0 amide bonds. The van der Waals surface area contributed by atoms with Crippen molar-refractivity contribution in [3.8, 4) is 0 Å². The number of carbonyl (C=O) groups excluding carboxylic acids is 2. The Bertz CT molecular complexity index is 1140. The third-order valence-corrected chi connectivity index (χ3v) is 12.9. The molecule has 64 heavy (non-hydrogen) atoms. The van der Waals surface area contributed by atoms with E-state index < -0.39 is 26.5 Å². The van der Waals surface area contributed by atoms with Crippen LogP contribution in [0.5, 0.6) is 0 Å². The van der Waals surface area contributed by atoms with Crippen LogP contribution in [-0.4, -0.2) is 70.0 Å². The summed E-state index contributed by atoms with van der Waals surface area (Å²) in [6, 6.07) is 0. The zero-order valence-corrected chi connectivity index (χ0v) is 43.6. The van der Waals surface area contributed by atoms with Crippen LogP contribution in [0.3, 0.4) is 0 Å². The Labute approximate surface area is 396 Å². The van der Waals surface area contributed by atoms with Crippen LogP contribution < -0.4 is 4.89 Å². The number of likely N-dealkylation sites (N-methyl/N-ethyl adjacent to an activating group) is 1. The molecular formula is C54H104NO8P. The minimum Gasteiger partial charge on any atom is -0.756 e. The van der Waals surface area contributed by atoms with Crippen LogP contribution in [0, 0.1) is 0 Å². The topological polar surface area (TPSA) is 111 Å². The molecule has 0 aliphatic heterocycles. The first-order chi connectivity index (χ1) is 31.0. The number of esters is 2. The monoisotopic (exact) mass is 926 g/mol. The van der Waals surface area contributed by atoms with Gasteiger partial charge in [0, 0.05) is 12.8 Å². The predicted octanol–water partition coefficient (Wildman–Crippen LogP) is 15.6. The summed E-state index contributed by atoms with van der Waals surface area (Å²) in [6.07, 6.45) is 53.5. The van der Waals surface area contributed by atoms with E-state index in [4.69, 9.17) is 18.5 Å².